The van der Waals surface area contributed by atoms with Gasteiger partial charge in [0, 0.05) is 42.8 Å². The Labute approximate surface area is 244 Å². The van der Waals surface area contributed by atoms with Crippen molar-refractivity contribution in [3.63, 3.8) is 0 Å². The maximum Gasteiger partial charge on any atom is 0.319 e. The van der Waals surface area contributed by atoms with Gasteiger partial charge >= 0.3 is 6.03 Å². The third kappa shape index (κ3) is 8.60. The molecule has 9 nitrogen and oxygen atoms in total. The Morgan fingerprint density at radius 2 is 1.90 bits per heavy atom. The van der Waals surface area contributed by atoms with Crippen LogP contribution < -0.4 is 20.1 Å². The number of hydrogen-bond acceptors (Lipinski definition) is 6. The number of carbonyl (C=O) groups excluding carboxylic acids is 2. The smallest absolute Gasteiger partial charge is 0.319 e. The van der Waals surface area contributed by atoms with E-state index in [4.69, 9.17) is 9.47 Å². The van der Waals surface area contributed by atoms with Crippen LogP contribution in [0.1, 0.15) is 57.1 Å². The Morgan fingerprint density at radius 3 is 2.59 bits per heavy atom. The lowest BCUT2D eigenvalue weighted by atomic mass is 9.96. The van der Waals surface area contributed by atoms with Crippen LogP contribution in [0.15, 0.2) is 42.5 Å². The van der Waals surface area contributed by atoms with E-state index in [1.807, 2.05) is 37.3 Å². The number of fused-ring (bicyclic) bond motifs is 1. The van der Waals surface area contributed by atoms with E-state index in [1.54, 1.807) is 12.0 Å². The molecule has 0 spiro atoms. The zero-order valence-corrected chi connectivity index (χ0v) is 24.9. The number of anilines is 1. The minimum Gasteiger partial charge on any atom is -0.497 e. The quantitative estimate of drug-likeness (QED) is 0.415. The molecule has 1 heterocycles. The van der Waals surface area contributed by atoms with Crippen molar-refractivity contribution in [1.29, 1.82) is 0 Å². The van der Waals surface area contributed by atoms with Crippen LogP contribution in [0.25, 0.3) is 0 Å². The molecule has 9 heteroatoms. The summed E-state index contributed by atoms with van der Waals surface area (Å²) in [6.45, 7) is 5.70. The molecule has 1 aliphatic heterocycles. The predicted octanol–water partition coefficient (Wildman–Crippen LogP) is 4.43. The van der Waals surface area contributed by atoms with E-state index in [9.17, 15) is 14.7 Å². The third-order valence-electron chi connectivity index (χ3n) is 8.22. The molecular weight excluding hydrogens is 520 g/mol. The van der Waals surface area contributed by atoms with E-state index in [-0.39, 0.29) is 49.1 Å². The van der Waals surface area contributed by atoms with Gasteiger partial charge in [0.15, 0.2) is 0 Å². The maximum atomic E-state index is 13.5. The van der Waals surface area contributed by atoms with Gasteiger partial charge in [-0.3, -0.25) is 9.69 Å². The summed E-state index contributed by atoms with van der Waals surface area (Å²) in [5.41, 5.74) is 2.51. The molecule has 0 saturated heterocycles. The van der Waals surface area contributed by atoms with Crippen molar-refractivity contribution in [2.75, 3.05) is 39.2 Å². The second-order valence-electron chi connectivity index (χ2n) is 11.7. The Kier molecular flexibility index (Phi) is 10.9. The highest BCUT2D eigenvalue weighted by atomic mass is 16.5. The number of urea groups is 1. The topological polar surface area (TPSA) is 103 Å². The molecule has 2 aliphatic rings. The van der Waals surface area contributed by atoms with Crippen molar-refractivity contribution in [3.05, 3.63) is 53.6 Å². The minimum atomic E-state index is -0.313. The monoisotopic (exact) mass is 566 g/mol. The molecule has 224 valence electrons. The summed E-state index contributed by atoms with van der Waals surface area (Å²) in [6, 6.07) is 13.2. The number of aliphatic hydroxyl groups excluding tert-OH is 1. The molecule has 0 aromatic heterocycles. The van der Waals surface area contributed by atoms with Crippen LogP contribution in [0.3, 0.4) is 0 Å². The van der Waals surface area contributed by atoms with Gasteiger partial charge in [-0.05, 0) is 62.7 Å². The Bertz CT molecular complexity index is 1150. The van der Waals surface area contributed by atoms with Crippen molar-refractivity contribution < 1.29 is 24.2 Å². The average molecular weight is 567 g/mol. The number of nitrogens with zero attached hydrogens (tertiary/aromatic N) is 2. The lowest BCUT2D eigenvalue weighted by Crippen LogP contribution is -2.47. The lowest BCUT2D eigenvalue weighted by molar-refractivity contribution is -0.134. The second kappa shape index (κ2) is 14.5. The summed E-state index contributed by atoms with van der Waals surface area (Å²) < 4.78 is 11.9. The summed E-state index contributed by atoms with van der Waals surface area (Å²) >= 11 is 0. The fourth-order valence-electron chi connectivity index (χ4n) is 5.74. The van der Waals surface area contributed by atoms with Crippen molar-refractivity contribution in [2.24, 2.45) is 5.92 Å². The number of aliphatic hydroxyl groups is 1. The molecular formula is C32H46N4O5. The molecule has 3 N–H and O–H groups in total. The van der Waals surface area contributed by atoms with E-state index in [2.05, 4.69) is 41.6 Å². The van der Waals surface area contributed by atoms with Crippen LogP contribution in [0.5, 0.6) is 11.5 Å². The molecule has 3 amide bonds. The summed E-state index contributed by atoms with van der Waals surface area (Å²) in [4.78, 5) is 30.2. The summed E-state index contributed by atoms with van der Waals surface area (Å²) in [5.74, 6) is 1.41. The van der Waals surface area contributed by atoms with Gasteiger partial charge in [-0.25, -0.2) is 4.79 Å². The fraction of sp³-hybridized carbons (Fsp3) is 0.562. The first-order valence-electron chi connectivity index (χ1n) is 14.8. The largest absolute Gasteiger partial charge is 0.497 e. The third-order valence-corrected chi connectivity index (χ3v) is 8.22. The van der Waals surface area contributed by atoms with Crippen LogP contribution in [0.4, 0.5) is 10.5 Å². The van der Waals surface area contributed by atoms with Crippen LogP contribution in [-0.4, -0.2) is 78.9 Å². The highest BCUT2D eigenvalue weighted by Gasteiger charge is 2.31. The van der Waals surface area contributed by atoms with E-state index in [0.717, 1.165) is 49.1 Å². The van der Waals surface area contributed by atoms with E-state index < -0.39 is 0 Å². The molecule has 2 aromatic rings. The zero-order chi connectivity index (χ0) is 29.4. The number of benzene rings is 2. The summed E-state index contributed by atoms with van der Waals surface area (Å²) in [6.07, 6.45) is 5.44. The molecule has 0 unspecified atom stereocenters. The van der Waals surface area contributed by atoms with Crippen molar-refractivity contribution in [3.8, 4) is 11.5 Å². The van der Waals surface area contributed by atoms with Gasteiger partial charge in [0.1, 0.15) is 17.6 Å². The average Bonchev–Trinajstić information content (AvgIpc) is 3.01. The standard InChI is InChI=1S/C32H46N4O5/c1-22-18-36(23(2)21-37)31(38)17-25-16-27(34-32(39)33-26-8-6-5-7-9-26)12-15-29(25)41-30(22)20-35(3)19-24-10-13-28(40-4)14-11-24/h10-16,22-23,26,30,37H,5-9,17-21H2,1-4H3,(H2,33,34,39)/t22-,23+,30+/m0/s1. The number of amides is 3. The van der Waals surface area contributed by atoms with E-state index in [1.165, 1.54) is 6.42 Å². The van der Waals surface area contributed by atoms with Crippen LogP contribution in [0, 0.1) is 5.92 Å². The Morgan fingerprint density at radius 1 is 1.17 bits per heavy atom. The van der Waals surface area contributed by atoms with Gasteiger partial charge in [0.25, 0.3) is 0 Å². The van der Waals surface area contributed by atoms with E-state index in [0.29, 0.717) is 24.5 Å². The first-order valence-corrected chi connectivity index (χ1v) is 14.8. The first kappa shape index (κ1) is 30.7. The molecule has 0 bridgehead atoms. The van der Waals surface area contributed by atoms with Gasteiger partial charge in [-0.1, -0.05) is 38.3 Å². The summed E-state index contributed by atoms with van der Waals surface area (Å²) in [7, 11) is 3.72. The minimum absolute atomic E-state index is 0.0105. The SMILES string of the molecule is COc1ccc(CN(C)C[C@H]2Oc3ccc(NC(=O)NC4CCCCC4)cc3CC(=O)N([C@H](C)CO)C[C@@H]2C)cc1. The van der Waals surface area contributed by atoms with Crippen LogP contribution in [-0.2, 0) is 17.8 Å². The predicted molar refractivity (Wildman–Crippen MR) is 160 cm³/mol. The molecule has 3 atom stereocenters. The maximum absolute atomic E-state index is 13.5. The number of carbonyl (C=O) groups is 2. The molecule has 1 aliphatic carbocycles. The highest BCUT2D eigenvalue weighted by molar-refractivity contribution is 5.90. The first-order chi connectivity index (χ1) is 19.7. The number of nitrogens with one attached hydrogen (secondary N) is 2. The molecule has 41 heavy (non-hydrogen) atoms. The molecule has 4 rings (SSSR count). The van der Waals surface area contributed by atoms with Gasteiger partial charge < -0.3 is 30.1 Å². The van der Waals surface area contributed by atoms with Crippen molar-refractivity contribution >= 4 is 17.6 Å². The molecule has 0 radical (unpaired) electrons. The highest BCUT2D eigenvalue weighted by Crippen LogP contribution is 2.29. The van der Waals surface area contributed by atoms with Gasteiger partial charge in [-0.2, -0.15) is 0 Å². The fourth-order valence-corrected chi connectivity index (χ4v) is 5.74. The number of rotatable bonds is 9. The van der Waals surface area contributed by atoms with Crippen molar-refractivity contribution in [1.82, 2.24) is 15.1 Å². The molecule has 1 saturated carbocycles. The van der Waals surface area contributed by atoms with E-state index >= 15 is 0 Å². The number of methoxy groups -OCH3 is 1. The second-order valence-corrected chi connectivity index (χ2v) is 11.7. The molecule has 2 aromatic carbocycles. The lowest BCUT2D eigenvalue weighted by Gasteiger charge is -2.34. The zero-order valence-electron chi connectivity index (χ0n) is 24.9. The summed E-state index contributed by atoms with van der Waals surface area (Å²) in [5, 5.41) is 15.9. The Hall–Kier alpha value is -3.30. The number of likely N-dealkylation sites (N-methyl/N-ethyl adjacent to an activating group) is 1. The van der Waals surface area contributed by atoms with Gasteiger partial charge in [0.2, 0.25) is 5.91 Å². The van der Waals surface area contributed by atoms with Crippen LogP contribution in [0.2, 0.25) is 0 Å². The van der Waals surface area contributed by atoms with Crippen LogP contribution >= 0.6 is 0 Å². The van der Waals surface area contributed by atoms with Gasteiger partial charge in [0.05, 0.1) is 26.2 Å². The van der Waals surface area contributed by atoms with Gasteiger partial charge in [-0.15, -0.1) is 0 Å². The Balaban J connectivity index is 1.52. The normalized spacial score (nSPS) is 20.7. The number of ether oxygens (including phenoxy) is 2. The van der Waals surface area contributed by atoms with Crippen molar-refractivity contribution in [2.45, 2.75) is 77.1 Å². The molecule has 1 fully saturated rings. The number of hydrogen-bond donors (Lipinski definition) is 3.